The zero-order valence-corrected chi connectivity index (χ0v) is 9.46. The smallest absolute Gasteiger partial charge is 0.0994 e. The molecule has 0 aromatic heterocycles. The Kier molecular flexibility index (Phi) is 4.47. The van der Waals surface area contributed by atoms with Crippen LogP contribution in [0.1, 0.15) is 18.1 Å². The van der Waals surface area contributed by atoms with Crippen LogP contribution in [-0.4, -0.2) is 16.0 Å². The SMILES string of the molecule is CC(CN)S(=O)Cc1ccccc1C#N. The molecule has 2 unspecified atom stereocenters. The minimum absolute atomic E-state index is 0.0308. The fraction of sp³-hybridized carbons (Fsp3) is 0.364. The Morgan fingerprint density at radius 1 is 1.53 bits per heavy atom. The van der Waals surface area contributed by atoms with Gasteiger partial charge in [0.25, 0.3) is 0 Å². The number of hydrogen-bond donors (Lipinski definition) is 1. The molecule has 80 valence electrons. The van der Waals surface area contributed by atoms with Gasteiger partial charge >= 0.3 is 0 Å². The van der Waals surface area contributed by atoms with Gasteiger partial charge in [-0.3, -0.25) is 4.21 Å². The molecule has 0 heterocycles. The second-order valence-corrected chi connectivity index (χ2v) is 5.20. The Hall–Kier alpha value is -1.18. The molecule has 1 aromatic rings. The molecule has 0 aliphatic rings. The molecule has 0 saturated carbocycles. The summed E-state index contributed by atoms with van der Waals surface area (Å²) in [7, 11) is -1.00. The molecule has 1 aromatic carbocycles. The second-order valence-electron chi connectivity index (χ2n) is 3.34. The summed E-state index contributed by atoms with van der Waals surface area (Å²) in [5.41, 5.74) is 6.86. The van der Waals surface area contributed by atoms with Crippen molar-refractivity contribution in [3.05, 3.63) is 35.4 Å². The monoisotopic (exact) mass is 222 g/mol. The topological polar surface area (TPSA) is 66.9 Å². The molecular formula is C11H14N2OS. The zero-order valence-electron chi connectivity index (χ0n) is 8.64. The van der Waals surface area contributed by atoms with Crippen molar-refractivity contribution in [1.29, 1.82) is 5.26 Å². The molecule has 0 spiro atoms. The molecule has 2 N–H and O–H groups in total. The average molecular weight is 222 g/mol. The Morgan fingerprint density at radius 2 is 2.20 bits per heavy atom. The van der Waals surface area contributed by atoms with E-state index in [1.807, 2.05) is 19.1 Å². The van der Waals surface area contributed by atoms with Gasteiger partial charge in [-0.2, -0.15) is 5.26 Å². The molecule has 4 heteroatoms. The number of nitrogens with zero attached hydrogens (tertiary/aromatic N) is 1. The van der Waals surface area contributed by atoms with E-state index in [0.29, 0.717) is 17.9 Å². The second kappa shape index (κ2) is 5.64. The number of rotatable bonds is 4. The summed E-state index contributed by atoms with van der Waals surface area (Å²) in [5.74, 6) is 0.405. The van der Waals surface area contributed by atoms with E-state index < -0.39 is 10.8 Å². The molecule has 0 amide bonds. The number of nitrogens with two attached hydrogens (primary N) is 1. The quantitative estimate of drug-likeness (QED) is 0.831. The van der Waals surface area contributed by atoms with Crippen molar-refractivity contribution in [3.63, 3.8) is 0 Å². The summed E-state index contributed by atoms with van der Waals surface area (Å²) in [5, 5.41) is 8.82. The van der Waals surface area contributed by atoms with Gasteiger partial charge in [-0.05, 0) is 18.6 Å². The molecule has 2 atom stereocenters. The molecule has 0 radical (unpaired) electrons. The molecule has 0 aliphatic carbocycles. The van der Waals surface area contributed by atoms with Crippen LogP contribution in [0.2, 0.25) is 0 Å². The molecular weight excluding hydrogens is 208 g/mol. The van der Waals surface area contributed by atoms with E-state index in [1.54, 1.807) is 12.1 Å². The van der Waals surface area contributed by atoms with Crippen molar-refractivity contribution >= 4 is 10.8 Å². The Bertz CT molecular complexity index is 398. The fourth-order valence-corrected chi connectivity index (χ4v) is 2.22. The van der Waals surface area contributed by atoms with Gasteiger partial charge in [0.05, 0.1) is 17.4 Å². The first-order valence-corrected chi connectivity index (χ1v) is 6.12. The summed E-state index contributed by atoms with van der Waals surface area (Å²) in [6.07, 6.45) is 0. The van der Waals surface area contributed by atoms with E-state index >= 15 is 0 Å². The van der Waals surface area contributed by atoms with Gasteiger partial charge in [-0.15, -0.1) is 0 Å². The van der Waals surface area contributed by atoms with Gasteiger partial charge in [0, 0.05) is 22.6 Å². The zero-order chi connectivity index (χ0) is 11.3. The van der Waals surface area contributed by atoms with Crippen LogP contribution in [0.5, 0.6) is 0 Å². The predicted octanol–water partition coefficient (Wildman–Crippen LogP) is 1.15. The molecule has 0 aliphatic heterocycles. The summed E-state index contributed by atoms with van der Waals surface area (Å²) in [6.45, 7) is 2.26. The van der Waals surface area contributed by atoms with Gasteiger partial charge in [0.2, 0.25) is 0 Å². The van der Waals surface area contributed by atoms with Crippen molar-refractivity contribution in [1.82, 2.24) is 0 Å². The first-order chi connectivity index (χ1) is 7.19. The summed E-state index contributed by atoms with van der Waals surface area (Å²) in [4.78, 5) is 0. The number of benzene rings is 1. The van der Waals surface area contributed by atoms with Crippen molar-refractivity contribution < 1.29 is 4.21 Å². The Balaban J connectivity index is 2.81. The third-order valence-corrected chi connectivity index (χ3v) is 3.90. The Morgan fingerprint density at radius 3 is 2.80 bits per heavy atom. The minimum Gasteiger partial charge on any atom is -0.329 e. The van der Waals surface area contributed by atoms with Crippen molar-refractivity contribution in [2.24, 2.45) is 5.73 Å². The van der Waals surface area contributed by atoms with Crippen LogP contribution in [0, 0.1) is 11.3 Å². The van der Waals surface area contributed by atoms with E-state index in [4.69, 9.17) is 11.0 Å². The highest BCUT2D eigenvalue weighted by molar-refractivity contribution is 7.84. The molecule has 15 heavy (non-hydrogen) atoms. The van der Waals surface area contributed by atoms with E-state index in [-0.39, 0.29) is 5.25 Å². The lowest BCUT2D eigenvalue weighted by molar-refractivity contribution is 0.672. The van der Waals surface area contributed by atoms with Crippen LogP contribution in [0.25, 0.3) is 0 Å². The van der Waals surface area contributed by atoms with E-state index in [9.17, 15) is 4.21 Å². The highest BCUT2D eigenvalue weighted by atomic mass is 32.2. The van der Waals surface area contributed by atoms with Gasteiger partial charge in [0.15, 0.2) is 0 Å². The first-order valence-electron chi connectivity index (χ1n) is 4.74. The lowest BCUT2D eigenvalue weighted by Gasteiger charge is -2.09. The molecule has 0 bridgehead atoms. The lowest BCUT2D eigenvalue weighted by Crippen LogP contribution is -2.23. The Labute approximate surface area is 92.4 Å². The molecule has 3 nitrogen and oxygen atoms in total. The van der Waals surface area contributed by atoms with Crippen molar-refractivity contribution in [2.45, 2.75) is 17.9 Å². The van der Waals surface area contributed by atoms with Crippen molar-refractivity contribution in [3.8, 4) is 6.07 Å². The van der Waals surface area contributed by atoms with Crippen LogP contribution in [0.4, 0.5) is 0 Å². The normalized spacial score (nSPS) is 14.2. The predicted molar refractivity (Wildman–Crippen MR) is 61.5 cm³/mol. The number of hydrogen-bond acceptors (Lipinski definition) is 3. The van der Waals surface area contributed by atoms with E-state index in [2.05, 4.69) is 6.07 Å². The summed E-state index contributed by atoms with van der Waals surface area (Å²) >= 11 is 0. The van der Waals surface area contributed by atoms with Gasteiger partial charge < -0.3 is 5.73 Å². The first kappa shape index (κ1) is 11.9. The molecule has 1 rings (SSSR count). The highest BCUT2D eigenvalue weighted by Gasteiger charge is 2.11. The highest BCUT2D eigenvalue weighted by Crippen LogP contribution is 2.11. The van der Waals surface area contributed by atoms with Gasteiger partial charge in [-0.25, -0.2) is 0 Å². The van der Waals surface area contributed by atoms with E-state index in [1.165, 1.54) is 0 Å². The maximum Gasteiger partial charge on any atom is 0.0994 e. The fourth-order valence-electron chi connectivity index (χ4n) is 1.16. The van der Waals surface area contributed by atoms with Crippen LogP contribution in [0.3, 0.4) is 0 Å². The van der Waals surface area contributed by atoms with Gasteiger partial charge in [0.1, 0.15) is 0 Å². The maximum absolute atomic E-state index is 11.7. The van der Waals surface area contributed by atoms with Crippen LogP contribution in [-0.2, 0) is 16.6 Å². The summed E-state index contributed by atoms with van der Waals surface area (Å²) in [6, 6.07) is 9.31. The van der Waals surface area contributed by atoms with Crippen LogP contribution >= 0.6 is 0 Å². The standard InChI is InChI=1S/C11H14N2OS/c1-9(6-12)15(14)8-11-5-3-2-4-10(11)7-13/h2-5,9H,6,8,12H2,1H3. The largest absolute Gasteiger partial charge is 0.329 e. The van der Waals surface area contributed by atoms with Gasteiger partial charge in [-0.1, -0.05) is 18.2 Å². The third-order valence-electron chi connectivity index (χ3n) is 2.22. The molecule has 0 fully saturated rings. The maximum atomic E-state index is 11.7. The minimum atomic E-state index is -1.00. The van der Waals surface area contributed by atoms with E-state index in [0.717, 1.165) is 5.56 Å². The number of nitriles is 1. The van der Waals surface area contributed by atoms with Crippen LogP contribution < -0.4 is 5.73 Å². The van der Waals surface area contributed by atoms with Crippen LogP contribution in [0.15, 0.2) is 24.3 Å². The third kappa shape index (κ3) is 3.15. The lowest BCUT2D eigenvalue weighted by atomic mass is 10.1. The van der Waals surface area contributed by atoms with Crippen molar-refractivity contribution in [2.75, 3.05) is 6.54 Å². The average Bonchev–Trinajstić information content (AvgIpc) is 2.28. The summed E-state index contributed by atoms with van der Waals surface area (Å²) < 4.78 is 11.7. The molecule has 0 saturated heterocycles.